The normalized spacial score (nSPS) is 12.0. The lowest BCUT2D eigenvalue weighted by molar-refractivity contribution is -0.140. The maximum absolute atomic E-state index is 13.9. The molecule has 38 heavy (non-hydrogen) atoms. The molecular weight excluding hydrogens is 569 g/mol. The maximum Gasteiger partial charge on any atom is 0.264 e. The minimum atomic E-state index is -4.18. The second-order valence-corrected chi connectivity index (χ2v) is 11.5. The highest BCUT2D eigenvalue weighted by Gasteiger charge is 2.34. The van der Waals surface area contributed by atoms with Gasteiger partial charge in [-0.1, -0.05) is 66.0 Å². The van der Waals surface area contributed by atoms with Gasteiger partial charge in [0.05, 0.1) is 10.6 Å². The molecular formula is C27H28Cl3N3O4S. The number of nitrogens with one attached hydrogen (secondary N) is 1. The molecule has 202 valence electrons. The summed E-state index contributed by atoms with van der Waals surface area (Å²) in [5, 5.41) is 3.78. The average Bonchev–Trinajstić information content (AvgIpc) is 2.89. The molecule has 0 radical (unpaired) electrons. The first kappa shape index (κ1) is 29.8. The van der Waals surface area contributed by atoms with Gasteiger partial charge in [0.1, 0.15) is 12.6 Å². The molecule has 0 aliphatic heterocycles. The lowest BCUT2D eigenvalue weighted by Crippen LogP contribution is -2.52. The number of nitrogens with zero attached hydrogens (tertiary/aromatic N) is 2. The van der Waals surface area contributed by atoms with E-state index in [1.165, 1.54) is 29.2 Å². The fourth-order valence-electron chi connectivity index (χ4n) is 3.92. The predicted octanol–water partition coefficient (Wildman–Crippen LogP) is 5.79. The van der Waals surface area contributed by atoms with Gasteiger partial charge in [-0.25, -0.2) is 8.42 Å². The number of anilines is 1. The fraction of sp³-hybridized carbons (Fsp3) is 0.259. The van der Waals surface area contributed by atoms with Gasteiger partial charge < -0.3 is 10.2 Å². The van der Waals surface area contributed by atoms with Crippen molar-refractivity contribution in [2.45, 2.75) is 37.8 Å². The van der Waals surface area contributed by atoms with Crippen LogP contribution in [0.5, 0.6) is 0 Å². The Morgan fingerprint density at radius 2 is 1.47 bits per heavy atom. The van der Waals surface area contributed by atoms with Crippen molar-refractivity contribution in [2.75, 3.05) is 17.4 Å². The predicted molar refractivity (Wildman–Crippen MR) is 152 cm³/mol. The highest BCUT2D eigenvalue weighted by atomic mass is 35.5. The number of hydrogen-bond donors (Lipinski definition) is 1. The minimum Gasteiger partial charge on any atom is -0.355 e. The lowest BCUT2D eigenvalue weighted by atomic mass is 10.1. The zero-order valence-electron chi connectivity index (χ0n) is 20.9. The van der Waals surface area contributed by atoms with Crippen molar-refractivity contribution >= 4 is 62.3 Å². The van der Waals surface area contributed by atoms with E-state index in [1.54, 1.807) is 62.4 Å². The second-order valence-electron chi connectivity index (χ2n) is 8.34. The molecule has 0 saturated carbocycles. The Balaban J connectivity index is 2.07. The number of halogens is 3. The fourth-order valence-corrected chi connectivity index (χ4v) is 5.98. The summed E-state index contributed by atoms with van der Waals surface area (Å²) >= 11 is 18.8. The Bertz CT molecular complexity index is 1350. The van der Waals surface area contributed by atoms with Crippen LogP contribution in [0, 0.1) is 0 Å². The first-order valence-corrected chi connectivity index (χ1v) is 14.5. The van der Waals surface area contributed by atoms with Gasteiger partial charge in [-0.15, -0.1) is 0 Å². The second kappa shape index (κ2) is 13.3. The molecule has 0 unspecified atom stereocenters. The lowest BCUT2D eigenvalue weighted by Gasteiger charge is -2.33. The van der Waals surface area contributed by atoms with E-state index in [9.17, 15) is 18.0 Å². The summed E-state index contributed by atoms with van der Waals surface area (Å²) in [6, 6.07) is 18.0. The zero-order valence-corrected chi connectivity index (χ0v) is 24.0. The summed E-state index contributed by atoms with van der Waals surface area (Å²) in [7, 11) is -4.18. The number of amides is 2. The highest BCUT2D eigenvalue weighted by molar-refractivity contribution is 7.92. The third-order valence-corrected chi connectivity index (χ3v) is 8.60. The number of carbonyl (C=O) groups is 2. The molecule has 0 heterocycles. The van der Waals surface area contributed by atoms with Crippen molar-refractivity contribution in [1.29, 1.82) is 0 Å². The number of hydrogen-bond acceptors (Lipinski definition) is 4. The van der Waals surface area contributed by atoms with Crippen LogP contribution in [0.25, 0.3) is 0 Å². The molecule has 0 aromatic heterocycles. The van der Waals surface area contributed by atoms with Crippen molar-refractivity contribution in [2.24, 2.45) is 0 Å². The summed E-state index contributed by atoms with van der Waals surface area (Å²) in [6.45, 7) is 3.26. The topological polar surface area (TPSA) is 86.8 Å². The number of rotatable bonds is 11. The molecule has 0 aliphatic carbocycles. The van der Waals surface area contributed by atoms with E-state index in [0.29, 0.717) is 27.2 Å². The Morgan fingerprint density at radius 3 is 2.03 bits per heavy atom. The van der Waals surface area contributed by atoms with Crippen LogP contribution in [-0.2, 0) is 26.2 Å². The van der Waals surface area contributed by atoms with E-state index in [1.807, 2.05) is 0 Å². The molecule has 0 spiro atoms. The molecule has 1 N–H and O–H groups in total. The van der Waals surface area contributed by atoms with Crippen LogP contribution in [0.1, 0.15) is 25.8 Å². The van der Waals surface area contributed by atoms with Crippen LogP contribution in [0.2, 0.25) is 15.1 Å². The van der Waals surface area contributed by atoms with Gasteiger partial charge in [-0.3, -0.25) is 13.9 Å². The number of carbonyl (C=O) groups excluding carboxylic acids is 2. The van der Waals surface area contributed by atoms with Gasteiger partial charge in [0.2, 0.25) is 11.8 Å². The molecule has 3 rings (SSSR count). The van der Waals surface area contributed by atoms with Gasteiger partial charge in [-0.05, 0) is 61.9 Å². The van der Waals surface area contributed by atoms with Crippen molar-refractivity contribution in [3.63, 3.8) is 0 Å². The third-order valence-electron chi connectivity index (χ3n) is 5.85. The molecule has 0 fully saturated rings. The largest absolute Gasteiger partial charge is 0.355 e. The van der Waals surface area contributed by atoms with Crippen LogP contribution in [-0.4, -0.2) is 44.3 Å². The standard InChI is InChI=1S/C27H28Cl3N3O4S/c1-3-25(27(35)31-4-2)32(17-22-23(29)11-8-12-24(22)30)26(34)18-33(20-9-6-5-7-10-20)38(36,37)21-15-13-19(28)14-16-21/h5-16,25H,3-4,17-18H2,1-2H3,(H,31,35)/t25-/m1/s1. The van der Waals surface area contributed by atoms with Gasteiger partial charge >= 0.3 is 0 Å². The summed E-state index contributed by atoms with van der Waals surface area (Å²) < 4.78 is 28.5. The Morgan fingerprint density at radius 1 is 0.868 bits per heavy atom. The first-order valence-electron chi connectivity index (χ1n) is 11.9. The van der Waals surface area contributed by atoms with Gasteiger partial charge in [0.25, 0.3) is 10.0 Å². The number of para-hydroxylation sites is 1. The minimum absolute atomic E-state index is 0.0324. The van der Waals surface area contributed by atoms with E-state index in [-0.39, 0.29) is 29.5 Å². The molecule has 0 saturated heterocycles. The number of sulfonamides is 1. The van der Waals surface area contributed by atoms with Crippen LogP contribution in [0.4, 0.5) is 5.69 Å². The van der Waals surface area contributed by atoms with Crippen molar-refractivity contribution in [3.05, 3.63) is 93.4 Å². The summed E-state index contributed by atoms with van der Waals surface area (Å²) in [4.78, 5) is 28.2. The van der Waals surface area contributed by atoms with E-state index in [4.69, 9.17) is 34.8 Å². The quantitative estimate of drug-likeness (QED) is 0.304. The van der Waals surface area contributed by atoms with Crippen LogP contribution in [0.15, 0.2) is 77.7 Å². The van der Waals surface area contributed by atoms with Crippen molar-refractivity contribution in [3.8, 4) is 0 Å². The zero-order chi connectivity index (χ0) is 27.9. The van der Waals surface area contributed by atoms with E-state index in [2.05, 4.69) is 5.32 Å². The molecule has 0 bridgehead atoms. The molecule has 3 aromatic rings. The van der Waals surface area contributed by atoms with Gasteiger partial charge in [0, 0.05) is 33.7 Å². The van der Waals surface area contributed by atoms with Crippen LogP contribution >= 0.6 is 34.8 Å². The van der Waals surface area contributed by atoms with E-state index < -0.39 is 28.5 Å². The van der Waals surface area contributed by atoms with Crippen molar-refractivity contribution in [1.82, 2.24) is 10.2 Å². The Kier molecular flexibility index (Phi) is 10.4. The average molecular weight is 597 g/mol. The van der Waals surface area contributed by atoms with Gasteiger partial charge in [-0.2, -0.15) is 0 Å². The monoisotopic (exact) mass is 595 g/mol. The Hall–Kier alpha value is -2.78. The van der Waals surface area contributed by atoms with Gasteiger partial charge in [0.15, 0.2) is 0 Å². The maximum atomic E-state index is 13.9. The Labute approximate surface area is 238 Å². The highest BCUT2D eigenvalue weighted by Crippen LogP contribution is 2.29. The number of likely N-dealkylation sites (N-methyl/N-ethyl adjacent to an activating group) is 1. The van der Waals surface area contributed by atoms with Crippen LogP contribution in [0.3, 0.4) is 0 Å². The van der Waals surface area contributed by atoms with E-state index in [0.717, 1.165) is 4.31 Å². The summed E-state index contributed by atoms with van der Waals surface area (Å²) in [6.07, 6.45) is 0.287. The summed E-state index contributed by atoms with van der Waals surface area (Å²) in [5.41, 5.74) is 0.747. The van der Waals surface area contributed by atoms with Crippen LogP contribution < -0.4 is 9.62 Å². The van der Waals surface area contributed by atoms with E-state index >= 15 is 0 Å². The SMILES string of the molecule is CCNC(=O)[C@@H](CC)N(Cc1c(Cl)cccc1Cl)C(=O)CN(c1ccccc1)S(=O)(=O)c1ccc(Cl)cc1. The molecule has 3 aromatic carbocycles. The molecule has 2 amide bonds. The summed E-state index contributed by atoms with van der Waals surface area (Å²) in [5.74, 6) is -0.959. The molecule has 1 atom stereocenters. The molecule has 11 heteroatoms. The molecule has 7 nitrogen and oxygen atoms in total. The smallest absolute Gasteiger partial charge is 0.264 e. The number of benzene rings is 3. The first-order chi connectivity index (χ1) is 18.1. The third kappa shape index (κ3) is 6.99. The van der Waals surface area contributed by atoms with Crippen molar-refractivity contribution < 1.29 is 18.0 Å². The molecule has 0 aliphatic rings.